The second kappa shape index (κ2) is 6.12. The molecule has 104 valence electrons. The third-order valence-electron chi connectivity index (χ3n) is 3.43. The number of ether oxygens (including phenoxy) is 1. The zero-order chi connectivity index (χ0) is 13.8. The number of methoxy groups -OCH3 is 1. The van der Waals surface area contributed by atoms with Gasteiger partial charge in [0.2, 0.25) is 0 Å². The van der Waals surface area contributed by atoms with E-state index in [0.29, 0.717) is 12.6 Å². The zero-order valence-corrected chi connectivity index (χ0v) is 11.3. The summed E-state index contributed by atoms with van der Waals surface area (Å²) < 4.78 is 18.2. The van der Waals surface area contributed by atoms with Gasteiger partial charge in [-0.1, -0.05) is 6.07 Å². The molecule has 0 aromatic heterocycles. The number of carbonyl (C=O) groups is 1. The maximum Gasteiger partial charge on any atom is 0.340 e. The number of benzene rings is 1. The van der Waals surface area contributed by atoms with E-state index in [2.05, 4.69) is 22.0 Å². The van der Waals surface area contributed by atoms with Gasteiger partial charge >= 0.3 is 5.97 Å². The minimum absolute atomic E-state index is 0.0214. The van der Waals surface area contributed by atoms with E-state index in [0.717, 1.165) is 25.1 Å². The third kappa shape index (κ3) is 3.52. The van der Waals surface area contributed by atoms with Crippen LogP contribution in [0, 0.1) is 5.82 Å². The normalized spacial score (nSPS) is 19.6. The van der Waals surface area contributed by atoms with Crippen molar-refractivity contribution in [1.82, 2.24) is 10.2 Å². The lowest BCUT2D eigenvalue weighted by atomic mass is 10.1. The van der Waals surface area contributed by atoms with Crippen LogP contribution in [0.1, 0.15) is 22.3 Å². The van der Waals surface area contributed by atoms with E-state index in [4.69, 9.17) is 0 Å². The third-order valence-corrected chi connectivity index (χ3v) is 3.43. The van der Waals surface area contributed by atoms with Crippen LogP contribution in [0.2, 0.25) is 0 Å². The molecule has 1 aliphatic heterocycles. The molecule has 19 heavy (non-hydrogen) atoms. The number of esters is 1. The van der Waals surface area contributed by atoms with E-state index < -0.39 is 11.8 Å². The van der Waals surface area contributed by atoms with Gasteiger partial charge in [-0.15, -0.1) is 0 Å². The minimum atomic E-state index is -0.644. The number of likely N-dealkylation sites (N-methyl/N-ethyl adjacent to an activating group) is 1. The molecule has 1 aromatic rings. The molecule has 1 heterocycles. The Kier molecular flexibility index (Phi) is 4.50. The highest BCUT2D eigenvalue weighted by Crippen LogP contribution is 2.13. The molecule has 1 aromatic carbocycles. The molecule has 1 atom stereocenters. The van der Waals surface area contributed by atoms with E-state index >= 15 is 0 Å². The van der Waals surface area contributed by atoms with Crippen LogP contribution in [0.4, 0.5) is 4.39 Å². The number of nitrogens with zero attached hydrogens (tertiary/aromatic N) is 1. The van der Waals surface area contributed by atoms with Gasteiger partial charge in [0.15, 0.2) is 0 Å². The monoisotopic (exact) mass is 266 g/mol. The lowest BCUT2D eigenvalue weighted by molar-refractivity contribution is 0.0595. The van der Waals surface area contributed by atoms with E-state index in [1.54, 1.807) is 6.07 Å². The molecule has 0 radical (unpaired) electrons. The first kappa shape index (κ1) is 14.0. The Labute approximate surface area is 112 Å². The van der Waals surface area contributed by atoms with Gasteiger partial charge in [0.1, 0.15) is 5.82 Å². The fourth-order valence-corrected chi connectivity index (χ4v) is 2.31. The highest BCUT2D eigenvalue weighted by molar-refractivity contribution is 5.89. The van der Waals surface area contributed by atoms with Crippen molar-refractivity contribution in [3.8, 4) is 0 Å². The van der Waals surface area contributed by atoms with Crippen LogP contribution >= 0.6 is 0 Å². The molecule has 0 amide bonds. The Balaban J connectivity index is 1.94. The molecular weight excluding hydrogens is 247 g/mol. The number of rotatable bonds is 4. The average Bonchev–Trinajstić information content (AvgIpc) is 2.81. The second-order valence-corrected chi connectivity index (χ2v) is 4.93. The summed E-state index contributed by atoms with van der Waals surface area (Å²) >= 11 is 0. The fraction of sp³-hybridized carbons (Fsp3) is 0.500. The molecule has 0 aliphatic carbocycles. The Morgan fingerprint density at radius 2 is 2.37 bits per heavy atom. The van der Waals surface area contributed by atoms with Crippen molar-refractivity contribution in [3.05, 3.63) is 35.1 Å². The van der Waals surface area contributed by atoms with E-state index in [1.807, 2.05) is 0 Å². The molecule has 1 aliphatic rings. The summed E-state index contributed by atoms with van der Waals surface area (Å²) in [6, 6.07) is 5.06. The van der Waals surface area contributed by atoms with Gasteiger partial charge in [-0.25, -0.2) is 9.18 Å². The molecule has 0 spiro atoms. The Bertz CT molecular complexity index is 465. The van der Waals surface area contributed by atoms with Gasteiger partial charge in [0.25, 0.3) is 0 Å². The van der Waals surface area contributed by atoms with Crippen molar-refractivity contribution in [2.75, 3.05) is 27.2 Å². The quantitative estimate of drug-likeness (QED) is 0.837. The van der Waals surface area contributed by atoms with Crippen LogP contribution in [0.15, 0.2) is 18.2 Å². The number of halogens is 1. The van der Waals surface area contributed by atoms with Gasteiger partial charge in [0.05, 0.1) is 12.7 Å². The molecule has 5 heteroatoms. The number of likely N-dealkylation sites (tertiary alicyclic amines) is 1. The SMILES string of the molecule is COC(=O)c1ccc(CNC2CCN(C)C2)cc1F. The smallest absolute Gasteiger partial charge is 0.340 e. The number of carbonyl (C=O) groups excluding carboxylic acids is 1. The van der Waals surface area contributed by atoms with Crippen LogP contribution in [-0.4, -0.2) is 44.2 Å². The van der Waals surface area contributed by atoms with Crippen LogP contribution in [-0.2, 0) is 11.3 Å². The number of hydrogen-bond acceptors (Lipinski definition) is 4. The molecule has 4 nitrogen and oxygen atoms in total. The van der Waals surface area contributed by atoms with Gasteiger partial charge in [-0.05, 0) is 37.7 Å². The van der Waals surface area contributed by atoms with Crippen molar-refractivity contribution < 1.29 is 13.9 Å². The number of nitrogens with one attached hydrogen (secondary N) is 1. The summed E-state index contributed by atoms with van der Waals surface area (Å²) in [4.78, 5) is 13.5. The Hall–Kier alpha value is -1.46. The molecular formula is C14H19FN2O2. The van der Waals surface area contributed by atoms with Gasteiger partial charge in [-0.2, -0.15) is 0 Å². The van der Waals surface area contributed by atoms with Gasteiger partial charge in [-0.3, -0.25) is 0 Å². The zero-order valence-electron chi connectivity index (χ0n) is 11.3. The van der Waals surface area contributed by atoms with E-state index in [1.165, 1.54) is 19.2 Å². The minimum Gasteiger partial charge on any atom is -0.465 e. The summed E-state index contributed by atoms with van der Waals surface area (Å²) in [6.45, 7) is 2.72. The number of hydrogen-bond donors (Lipinski definition) is 1. The predicted octanol–water partition coefficient (Wildman–Crippen LogP) is 1.41. The summed E-state index contributed by atoms with van der Waals surface area (Å²) in [5, 5.41) is 3.39. The lowest BCUT2D eigenvalue weighted by Crippen LogP contribution is -2.31. The van der Waals surface area contributed by atoms with E-state index in [-0.39, 0.29) is 5.56 Å². The maximum atomic E-state index is 13.7. The topological polar surface area (TPSA) is 41.6 Å². The Morgan fingerprint density at radius 1 is 1.58 bits per heavy atom. The van der Waals surface area contributed by atoms with Crippen LogP contribution in [0.3, 0.4) is 0 Å². The first-order valence-electron chi connectivity index (χ1n) is 6.39. The molecule has 2 rings (SSSR count). The van der Waals surface area contributed by atoms with Gasteiger partial charge < -0.3 is 15.0 Å². The summed E-state index contributed by atoms with van der Waals surface area (Å²) in [5.74, 6) is -1.18. The largest absolute Gasteiger partial charge is 0.465 e. The predicted molar refractivity (Wildman–Crippen MR) is 70.5 cm³/mol. The highest BCUT2D eigenvalue weighted by Gasteiger charge is 2.19. The molecule has 1 fully saturated rings. The molecule has 1 unspecified atom stereocenters. The fourth-order valence-electron chi connectivity index (χ4n) is 2.31. The van der Waals surface area contributed by atoms with Gasteiger partial charge in [0, 0.05) is 19.1 Å². The lowest BCUT2D eigenvalue weighted by Gasteiger charge is -2.13. The van der Waals surface area contributed by atoms with Crippen LogP contribution in [0.5, 0.6) is 0 Å². The van der Waals surface area contributed by atoms with Crippen molar-refractivity contribution in [2.24, 2.45) is 0 Å². The molecule has 0 saturated carbocycles. The van der Waals surface area contributed by atoms with Crippen molar-refractivity contribution in [1.29, 1.82) is 0 Å². The van der Waals surface area contributed by atoms with Crippen LogP contribution in [0.25, 0.3) is 0 Å². The molecule has 0 bridgehead atoms. The second-order valence-electron chi connectivity index (χ2n) is 4.93. The summed E-state index contributed by atoms with van der Waals surface area (Å²) in [5.41, 5.74) is 0.812. The van der Waals surface area contributed by atoms with Crippen molar-refractivity contribution in [2.45, 2.75) is 19.0 Å². The molecule has 1 N–H and O–H groups in total. The summed E-state index contributed by atoms with van der Waals surface area (Å²) in [7, 11) is 3.33. The Morgan fingerprint density at radius 3 is 2.95 bits per heavy atom. The van der Waals surface area contributed by atoms with E-state index in [9.17, 15) is 9.18 Å². The first-order chi connectivity index (χ1) is 9.10. The van der Waals surface area contributed by atoms with Crippen molar-refractivity contribution in [3.63, 3.8) is 0 Å². The highest BCUT2D eigenvalue weighted by atomic mass is 19.1. The maximum absolute atomic E-state index is 13.7. The molecule has 1 saturated heterocycles. The van der Waals surface area contributed by atoms with Crippen LogP contribution < -0.4 is 5.32 Å². The average molecular weight is 266 g/mol. The first-order valence-corrected chi connectivity index (χ1v) is 6.39. The van der Waals surface area contributed by atoms with Crippen molar-refractivity contribution >= 4 is 5.97 Å². The standard InChI is InChI=1S/C14H19FN2O2/c1-17-6-5-11(9-17)16-8-10-3-4-12(13(15)7-10)14(18)19-2/h3-4,7,11,16H,5-6,8-9H2,1-2H3. The summed E-state index contributed by atoms with van der Waals surface area (Å²) in [6.07, 6.45) is 1.11.